The number of methoxy groups -OCH3 is 1. The van der Waals surface area contributed by atoms with Crippen LogP contribution in [0.4, 0.5) is 0 Å². The largest absolute Gasteiger partial charge is 0.466 e. The van der Waals surface area contributed by atoms with Crippen molar-refractivity contribution < 1.29 is 9.53 Å². The van der Waals surface area contributed by atoms with Gasteiger partial charge < -0.3 is 10.5 Å². The molecule has 4 rings (SSSR count). The van der Waals surface area contributed by atoms with Crippen LogP contribution >= 0.6 is 34.5 Å². The van der Waals surface area contributed by atoms with E-state index in [0.717, 1.165) is 11.3 Å². The summed E-state index contributed by atoms with van der Waals surface area (Å²) in [6, 6.07) is 16.1. The van der Waals surface area contributed by atoms with Crippen molar-refractivity contribution in [1.29, 1.82) is 5.26 Å². The molecule has 160 valence electrons. The second kappa shape index (κ2) is 8.67. The fourth-order valence-electron chi connectivity index (χ4n) is 3.62. The summed E-state index contributed by atoms with van der Waals surface area (Å²) >= 11 is 13.7. The lowest BCUT2D eigenvalue weighted by molar-refractivity contribution is -0.136. The van der Waals surface area contributed by atoms with Crippen LogP contribution in [0.3, 0.4) is 0 Å². The molecule has 0 saturated carbocycles. The third-order valence-electron chi connectivity index (χ3n) is 5.08. The third-order valence-corrected chi connectivity index (χ3v) is 6.88. The maximum atomic E-state index is 13.3. The molecule has 0 unspecified atom stereocenters. The number of benzene rings is 2. The lowest BCUT2D eigenvalue weighted by Gasteiger charge is -2.25. The Balaban J connectivity index is 2.12. The van der Waals surface area contributed by atoms with E-state index in [9.17, 15) is 14.9 Å². The number of carbonyl (C=O) groups excluding carboxylic acids is 1. The van der Waals surface area contributed by atoms with Gasteiger partial charge in [-0.1, -0.05) is 59.6 Å². The van der Waals surface area contributed by atoms with Crippen molar-refractivity contribution in [2.45, 2.75) is 5.92 Å². The van der Waals surface area contributed by atoms with Gasteiger partial charge in [0.2, 0.25) is 0 Å². The Hall–Kier alpha value is -3.31. The molecule has 1 aliphatic rings. The van der Waals surface area contributed by atoms with Crippen LogP contribution in [0.15, 0.2) is 58.9 Å². The Morgan fingerprint density at radius 1 is 1.19 bits per heavy atom. The van der Waals surface area contributed by atoms with Gasteiger partial charge in [-0.05, 0) is 29.3 Å². The van der Waals surface area contributed by atoms with Gasteiger partial charge in [-0.3, -0.25) is 9.36 Å². The summed E-state index contributed by atoms with van der Waals surface area (Å²) in [6.07, 6.45) is 1.63. The van der Waals surface area contributed by atoms with Gasteiger partial charge in [0, 0.05) is 10.0 Å². The highest BCUT2D eigenvalue weighted by Gasteiger charge is 2.37. The number of hydrogen-bond donors (Lipinski definition) is 1. The van der Waals surface area contributed by atoms with Crippen molar-refractivity contribution in [1.82, 2.24) is 4.57 Å². The average Bonchev–Trinajstić information content (AvgIpc) is 3.11. The molecule has 6 nitrogen and oxygen atoms in total. The first-order chi connectivity index (χ1) is 15.4. The zero-order valence-corrected chi connectivity index (χ0v) is 19.0. The molecule has 3 aromatic rings. The molecule has 0 spiro atoms. The van der Waals surface area contributed by atoms with Gasteiger partial charge >= 0.3 is 5.97 Å². The van der Waals surface area contributed by atoms with Crippen LogP contribution in [-0.2, 0) is 9.53 Å². The minimum Gasteiger partial charge on any atom is -0.466 e. The molecule has 2 N–H and O–H groups in total. The number of fused-ring (bicyclic) bond motifs is 1. The first-order valence-corrected chi connectivity index (χ1v) is 10.9. The van der Waals surface area contributed by atoms with E-state index in [4.69, 9.17) is 33.7 Å². The number of thiazole rings is 1. The van der Waals surface area contributed by atoms with Crippen LogP contribution < -0.4 is 20.5 Å². The third kappa shape index (κ3) is 3.53. The molecular weight excluding hydrogens is 469 g/mol. The highest BCUT2D eigenvalue weighted by atomic mass is 35.5. The van der Waals surface area contributed by atoms with Gasteiger partial charge in [0.1, 0.15) is 10.5 Å². The SMILES string of the molecule is COC(=O)C1=C(N)n2c(s/c(=C\c3ccccc3Cl)c2=O)=C(C#N)[C@@H]1c1ccccc1Cl. The molecule has 1 aromatic heterocycles. The second-order valence-corrected chi connectivity index (χ2v) is 8.69. The Bertz CT molecular complexity index is 1510. The summed E-state index contributed by atoms with van der Waals surface area (Å²) in [5.74, 6) is -1.73. The van der Waals surface area contributed by atoms with E-state index < -0.39 is 17.4 Å². The monoisotopic (exact) mass is 483 g/mol. The van der Waals surface area contributed by atoms with E-state index in [2.05, 4.69) is 6.07 Å². The van der Waals surface area contributed by atoms with Crippen LogP contribution in [0.2, 0.25) is 10.0 Å². The summed E-state index contributed by atoms with van der Waals surface area (Å²) in [6.45, 7) is 0. The normalized spacial score (nSPS) is 16.0. The number of nitrogens with two attached hydrogens (primary N) is 1. The topological polar surface area (TPSA) is 98.1 Å². The van der Waals surface area contributed by atoms with Gasteiger partial charge in [-0.15, -0.1) is 11.3 Å². The Morgan fingerprint density at radius 3 is 2.47 bits per heavy atom. The summed E-state index contributed by atoms with van der Waals surface area (Å²) in [4.78, 5) is 26.0. The van der Waals surface area contributed by atoms with E-state index >= 15 is 0 Å². The number of aromatic nitrogens is 1. The molecule has 0 saturated heterocycles. The fraction of sp³-hybridized carbons (Fsp3) is 0.0870. The Labute approximate surface area is 196 Å². The van der Waals surface area contributed by atoms with Crippen molar-refractivity contribution in [3.8, 4) is 6.07 Å². The highest BCUT2D eigenvalue weighted by molar-refractivity contribution is 7.07. The van der Waals surface area contributed by atoms with E-state index in [1.165, 1.54) is 11.7 Å². The molecule has 2 aromatic carbocycles. The van der Waals surface area contributed by atoms with Gasteiger partial charge in [-0.2, -0.15) is 5.26 Å². The minimum absolute atomic E-state index is 0.0196. The summed E-state index contributed by atoms with van der Waals surface area (Å²) in [7, 11) is 1.21. The molecule has 0 bridgehead atoms. The van der Waals surface area contributed by atoms with Gasteiger partial charge in [0.15, 0.2) is 0 Å². The molecular formula is C23H15Cl2N3O3S. The number of nitrogens with zero attached hydrogens (tertiary/aromatic N) is 2. The number of halogens is 2. The lowest BCUT2D eigenvalue weighted by atomic mass is 9.84. The zero-order chi connectivity index (χ0) is 23.0. The van der Waals surface area contributed by atoms with Gasteiger partial charge in [-0.25, -0.2) is 4.79 Å². The number of rotatable bonds is 3. The van der Waals surface area contributed by atoms with Crippen molar-refractivity contribution >= 4 is 58.0 Å². The van der Waals surface area contributed by atoms with Crippen molar-refractivity contribution in [3.63, 3.8) is 0 Å². The summed E-state index contributed by atoms with van der Waals surface area (Å²) in [5, 5.41) is 10.9. The molecule has 0 amide bonds. The number of nitriles is 1. The number of esters is 1. The Kier molecular flexibility index (Phi) is 5.94. The predicted octanol–water partition coefficient (Wildman–Crippen LogP) is 2.82. The molecule has 32 heavy (non-hydrogen) atoms. The smallest absolute Gasteiger partial charge is 0.338 e. The summed E-state index contributed by atoms with van der Waals surface area (Å²) in [5.41, 5.74) is 7.19. The fourth-order valence-corrected chi connectivity index (χ4v) is 5.17. The van der Waals surface area contributed by atoms with Crippen molar-refractivity contribution in [2.24, 2.45) is 5.73 Å². The molecule has 0 radical (unpaired) electrons. The minimum atomic E-state index is -0.882. The highest BCUT2D eigenvalue weighted by Crippen LogP contribution is 2.39. The number of carbonyl (C=O) groups is 1. The Morgan fingerprint density at radius 2 is 1.84 bits per heavy atom. The van der Waals surface area contributed by atoms with Crippen LogP contribution in [0.5, 0.6) is 0 Å². The standard InChI is InChI=1S/C23H15Cl2N3O3S/c1-31-23(30)19-18(13-7-3-5-9-16(13)25)14(11-26)22-28(20(19)27)21(29)17(32-22)10-12-6-2-4-8-15(12)24/h2-10,18H,27H2,1H3/b17-10-/t18-/m0/s1. The van der Waals surface area contributed by atoms with E-state index in [0.29, 0.717) is 30.4 Å². The van der Waals surface area contributed by atoms with Crippen molar-refractivity contribution in [3.05, 3.63) is 94.8 Å². The second-order valence-electron chi connectivity index (χ2n) is 6.85. The first kappa shape index (κ1) is 21.9. The van der Waals surface area contributed by atoms with Crippen LogP contribution in [0.25, 0.3) is 17.5 Å². The molecule has 2 heterocycles. The molecule has 0 fully saturated rings. The predicted molar refractivity (Wildman–Crippen MR) is 125 cm³/mol. The number of ether oxygens (including phenoxy) is 1. The van der Waals surface area contributed by atoms with Gasteiger partial charge in [0.05, 0.1) is 34.8 Å². The van der Waals surface area contributed by atoms with Crippen LogP contribution in [0, 0.1) is 11.3 Å². The maximum absolute atomic E-state index is 13.3. The molecule has 1 aliphatic heterocycles. The average molecular weight is 484 g/mol. The van der Waals surface area contributed by atoms with Gasteiger partial charge in [0.25, 0.3) is 5.56 Å². The quantitative estimate of drug-likeness (QED) is 0.577. The van der Waals surface area contributed by atoms with E-state index in [1.54, 1.807) is 54.6 Å². The zero-order valence-electron chi connectivity index (χ0n) is 16.6. The number of hydrogen-bond acceptors (Lipinski definition) is 6. The maximum Gasteiger partial charge on any atom is 0.338 e. The molecule has 0 aliphatic carbocycles. The molecule has 9 heteroatoms. The van der Waals surface area contributed by atoms with E-state index in [1.807, 2.05) is 0 Å². The van der Waals surface area contributed by atoms with Crippen LogP contribution in [-0.4, -0.2) is 17.6 Å². The van der Waals surface area contributed by atoms with Crippen LogP contribution in [0.1, 0.15) is 17.0 Å². The van der Waals surface area contributed by atoms with Crippen molar-refractivity contribution in [2.75, 3.05) is 7.11 Å². The lowest BCUT2D eigenvalue weighted by Crippen LogP contribution is -2.40. The summed E-state index contributed by atoms with van der Waals surface area (Å²) < 4.78 is 6.75. The van der Waals surface area contributed by atoms with E-state index in [-0.39, 0.29) is 17.0 Å². The first-order valence-electron chi connectivity index (χ1n) is 9.34. The molecule has 1 atom stereocenters.